The standard InChI is InChI=1S/C10H11NO3/c1-3-7-6(2)4-11-9(10(13)14)8(7)5-12/h4-5H,3H2,1-2H3,(H,13,14). The number of rotatable bonds is 3. The minimum absolute atomic E-state index is 0.164. The van der Waals surface area contributed by atoms with E-state index in [-0.39, 0.29) is 11.3 Å². The number of carbonyl (C=O) groups is 2. The van der Waals surface area contributed by atoms with Gasteiger partial charge in [0.15, 0.2) is 12.0 Å². The maximum absolute atomic E-state index is 10.8. The molecule has 14 heavy (non-hydrogen) atoms. The third kappa shape index (κ3) is 1.64. The molecule has 1 heterocycles. The summed E-state index contributed by atoms with van der Waals surface area (Å²) < 4.78 is 0. The van der Waals surface area contributed by atoms with Crippen molar-refractivity contribution in [3.05, 3.63) is 28.6 Å². The zero-order chi connectivity index (χ0) is 10.7. The normalized spacial score (nSPS) is 9.86. The van der Waals surface area contributed by atoms with E-state index in [4.69, 9.17) is 5.11 Å². The predicted octanol–water partition coefficient (Wildman–Crippen LogP) is 1.46. The molecule has 0 saturated heterocycles. The van der Waals surface area contributed by atoms with Crippen LogP contribution in [0.15, 0.2) is 6.20 Å². The van der Waals surface area contributed by atoms with Gasteiger partial charge < -0.3 is 5.11 Å². The van der Waals surface area contributed by atoms with Gasteiger partial charge in [-0.25, -0.2) is 9.78 Å². The summed E-state index contributed by atoms with van der Waals surface area (Å²) in [5.41, 5.74) is 1.63. The van der Waals surface area contributed by atoms with Crippen molar-refractivity contribution in [2.45, 2.75) is 20.3 Å². The summed E-state index contributed by atoms with van der Waals surface area (Å²) in [6.07, 6.45) is 2.67. The van der Waals surface area contributed by atoms with Crippen LogP contribution in [0.5, 0.6) is 0 Å². The Morgan fingerprint density at radius 3 is 2.71 bits per heavy atom. The highest BCUT2D eigenvalue weighted by Gasteiger charge is 2.15. The maximum Gasteiger partial charge on any atom is 0.355 e. The molecular formula is C10H11NO3. The lowest BCUT2D eigenvalue weighted by Gasteiger charge is -2.07. The fourth-order valence-electron chi connectivity index (χ4n) is 1.43. The Balaban J connectivity index is 3.48. The monoisotopic (exact) mass is 193 g/mol. The van der Waals surface area contributed by atoms with E-state index in [0.29, 0.717) is 12.7 Å². The lowest BCUT2D eigenvalue weighted by molar-refractivity contribution is 0.0687. The molecule has 0 spiro atoms. The van der Waals surface area contributed by atoms with E-state index in [2.05, 4.69) is 4.98 Å². The van der Waals surface area contributed by atoms with Crippen LogP contribution < -0.4 is 0 Å². The number of aldehydes is 1. The molecule has 0 bridgehead atoms. The van der Waals surface area contributed by atoms with E-state index in [1.807, 2.05) is 13.8 Å². The van der Waals surface area contributed by atoms with E-state index >= 15 is 0 Å². The Morgan fingerprint density at radius 1 is 1.64 bits per heavy atom. The van der Waals surface area contributed by atoms with E-state index in [1.165, 1.54) is 6.20 Å². The van der Waals surface area contributed by atoms with Crippen LogP contribution in [-0.2, 0) is 6.42 Å². The highest BCUT2D eigenvalue weighted by atomic mass is 16.4. The number of carboxylic acids is 1. The van der Waals surface area contributed by atoms with Crippen molar-refractivity contribution in [2.24, 2.45) is 0 Å². The first kappa shape index (κ1) is 10.4. The second-order valence-corrected chi connectivity index (χ2v) is 2.96. The first-order chi connectivity index (χ1) is 6.61. The summed E-state index contributed by atoms with van der Waals surface area (Å²) in [5.74, 6) is -1.17. The number of hydrogen-bond donors (Lipinski definition) is 1. The van der Waals surface area contributed by atoms with Crippen molar-refractivity contribution in [2.75, 3.05) is 0 Å². The molecule has 0 aromatic carbocycles. The summed E-state index contributed by atoms with van der Waals surface area (Å²) in [7, 11) is 0. The Labute approximate surface area is 81.6 Å². The topological polar surface area (TPSA) is 67.3 Å². The molecule has 0 fully saturated rings. The van der Waals surface area contributed by atoms with Crippen molar-refractivity contribution in [1.29, 1.82) is 0 Å². The van der Waals surface area contributed by atoms with E-state index in [0.717, 1.165) is 11.1 Å². The quantitative estimate of drug-likeness (QED) is 0.738. The van der Waals surface area contributed by atoms with Crippen molar-refractivity contribution in [1.82, 2.24) is 4.98 Å². The molecule has 0 saturated carbocycles. The maximum atomic E-state index is 10.8. The van der Waals surface area contributed by atoms with Gasteiger partial charge in [-0.3, -0.25) is 4.79 Å². The third-order valence-electron chi connectivity index (χ3n) is 2.12. The highest BCUT2D eigenvalue weighted by Crippen LogP contribution is 2.15. The summed E-state index contributed by atoms with van der Waals surface area (Å²) >= 11 is 0. The van der Waals surface area contributed by atoms with Gasteiger partial charge in [0.05, 0.1) is 5.56 Å². The second-order valence-electron chi connectivity index (χ2n) is 2.96. The molecule has 74 valence electrons. The molecule has 1 rings (SSSR count). The van der Waals surface area contributed by atoms with Crippen molar-refractivity contribution in [3.8, 4) is 0 Å². The molecule has 0 aliphatic rings. The molecule has 0 unspecified atom stereocenters. The fourth-order valence-corrected chi connectivity index (χ4v) is 1.43. The van der Waals surface area contributed by atoms with Gasteiger partial charge in [0, 0.05) is 6.20 Å². The molecule has 1 aromatic rings. The van der Waals surface area contributed by atoms with Gasteiger partial charge in [-0.05, 0) is 24.5 Å². The van der Waals surface area contributed by atoms with Crippen LogP contribution in [0.2, 0.25) is 0 Å². The first-order valence-corrected chi connectivity index (χ1v) is 4.28. The number of carboxylic acid groups (broad SMARTS) is 1. The van der Waals surface area contributed by atoms with Crippen LogP contribution in [0, 0.1) is 6.92 Å². The molecule has 1 aromatic heterocycles. The number of nitrogens with zero attached hydrogens (tertiary/aromatic N) is 1. The van der Waals surface area contributed by atoms with E-state index < -0.39 is 5.97 Å². The Kier molecular flexibility index (Phi) is 2.96. The molecule has 1 N–H and O–H groups in total. The van der Waals surface area contributed by atoms with Crippen LogP contribution >= 0.6 is 0 Å². The van der Waals surface area contributed by atoms with Gasteiger partial charge in [-0.2, -0.15) is 0 Å². The Bertz CT molecular complexity index is 385. The lowest BCUT2D eigenvalue weighted by Crippen LogP contribution is -2.09. The Hall–Kier alpha value is -1.71. The van der Waals surface area contributed by atoms with Gasteiger partial charge in [0.25, 0.3) is 0 Å². The fraction of sp³-hybridized carbons (Fsp3) is 0.300. The average molecular weight is 193 g/mol. The number of hydrogen-bond acceptors (Lipinski definition) is 3. The molecular weight excluding hydrogens is 182 g/mol. The van der Waals surface area contributed by atoms with Crippen LogP contribution in [0.25, 0.3) is 0 Å². The van der Waals surface area contributed by atoms with Crippen LogP contribution in [0.1, 0.15) is 38.9 Å². The zero-order valence-electron chi connectivity index (χ0n) is 8.07. The highest BCUT2D eigenvalue weighted by molar-refractivity contribution is 5.96. The number of aryl methyl sites for hydroxylation is 1. The number of aromatic carboxylic acids is 1. The molecule has 0 aliphatic carbocycles. The third-order valence-corrected chi connectivity index (χ3v) is 2.12. The minimum atomic E-state index is -1.17. The molecule has 0 atom stereocenters. The van der Waals surface area contributed by atoms with E-state index in [9.17, 15) is 9.59 Å². The number of pyridine rings is 1. The summed E-state index contributed by atoms with van der Waals surface area (Å²) in [5, 5.41) is 8.79. The second kappa shape index (κ2) is 4.00. The summed E-state index contributed by atoms with van der Waals surface area (Å²) in [6.45, 7) is 3.69. The van der Waals surface area contributed by atoms with Crippen LogP contribution in [0.4, 0.5) is 0 Å². The molecule has 4 nitrogen and oxygen atoms in total. The van der Waals surface area contributed by atoms with E-state index in [1.54, 1.807) is 0 Å². The largest absolute Gasteiger partial charge is 0.476 e. The van der Waals surface area contributed by atoms with Crippen molar-refractivity contribution >= 4 is 12.3 Å². The summed E-state index contributed by atoms with van der Waals surface area (Å²) in [6, 6.07) is 0. The smallest absolute Gasteiger partial charge is 0.355 e. The molecule has 0 radical (unpaired) electrons. The van der Waals surface area contributed by atoms with Crippen LogP contribution in [-0.4, -0.2) is 22.3 Å². The minimum Gasteiger partial charge on any atom is -0.476 e. The predicted molar refractivity (Wildman–Crippen MR) is 50.7 cm³/mol. The lowest BCUT2D eigenvalue weighted by atomic mass is 10.0. The first-order valence-electron chi connectivity index (χ1n) is 4.28. The van der Waals surface area contributed by atoms with Gasteiger partial charge in [-0.1, -0.05) is 6.92 Å². The van der Waals surface area contributed by atoms with Crippen molar-refractivity contribution < 1.29 is 14.7 Å². The average Bonchev–Trinajstić information content (AvgIpc) is 2.16. The molecule has 0 aliphatic heterocycles. The molecule has 4 heteroatoms. The zero-order valence-corrected chi connectivity index (χ0v) is 8.07. The van der Waals surface area contributed by atoms with Crippen molar-refractivity contribution in [3.63, 3.8) is 0 Å². The number of aromatic nitrogens is 1. The van der Waals surface area contributed by atoms with Gasteiger partial charge in [-0.15, -0.1) is 0 Å². The summed E-state index contributed by atoms with van der Waals surface area (Å²) in [4.78, 5) is 25.2. The van der Waals surface area contributed by atoms with Gasteiger partial charge in [0.1, 0.15) is 0 Å². The van der Waals surface area contributed by atoms with Gasteiger partial charge >= 0.3 is 5.97 Å². The SMILES string of the molecule is CCc1c(C)cnc(C(=O)O)c1C=O. The van der Waals surface area contributed by atoms with Crippen LogP contribution in [0.3, 0.4) is 0 Å². The number of carbonyl (C=O) groups excluding carboxylic acids is 1. The molecule has 0 amide bonds. The Morgan fingerprint density at radius 2 is 2.29 bits per heavy atom. The van der Waals surface area contributed by atoms with Gasteiger partial charge in [0.2, 0.25) is 0 Å².